The number of hydrogen-bond acceptors (Lipinski definition) is 6. The number of nitrogens with zero attached hydrogens (tertiary/aromatic N) is 3. The lowest BCUT2D eigenvalue weighted by molar-refractivity contribution is -0.143. The number of aromatic nitrogens is 2. The first-order valence-corrected chi connectivity index (χ1v) is 7.90. The summed E-state index contributed by atoms with van der Waals surface area (Å²) >= 11 is 0. The van der Waals surface area contributed by atoms with Crippen molar-refractivity contribution >= 4 is 11.9 Å². The van der Waals surface area contributed by atoms with Gasteiger partial charge >= 0.3 is 5.97 Å². The van der Waals surface area contributed by atoms with Gasteiger partial charge in [-0.15, -0.1) is 0 Å². The van der Waals surface area contributed by atoms with Gasteiger partial charge in [0, 0.05) is 17.7 Å². The summed E-state index contributed by atoms with van der Waals surface area (Å²) in [7, 11) is 0. The summed E-state index contributed by atoms with van der Waals surface area (Å²) in [6, 6.07) is 6.86. The van der Waals surface area contributed by atoms with Crippen LogP contribution in [0.25, 0.3) is 11.5 Å². The molecule has 0 saturated carbocycles. The molecule has 0 atom stereocenters. The third-order valence-corrected chi connectivity index (χ3v) is 3.31. The molecule has 2 rings (SSSR count). The van der Waals surface area contributed by atoms with Crippen LogP contribution >= 0.6 is 0 Å². The zero-order valence-electron chi connectivity index (χ0n) is 14.1. The van der Waals surface area contributed by atoms with Crippen LogP contribution in [0.5, 0.6) is 0 Å². The maximum absolute atomic E-state index is 12.6. The Morgan fingerprint density at radius 1 is 1.21 bits per heavy atom. The molecule has 0 aliphatic carbocycles. The van der Waals surface area contributed by atoms with Crippen LogP contribution in [0.4, 0.5) is 0 Å². The van der Waals surface area contributed by atoms with Gasteiger partial charge in [-0.25, -0.2) is 0 Å². The second-order valence-electron chi connectivity index (χ2n) is 5.26. The van der Waals surface area contributed by atoms with Gasteiger partial charge < -0.3 is 14.2 Å². The van der Waals surface area contributed by atoms with Crippen LogP contribution in [0.1, 0.15) is 36.5 Å². The second kappa shape index (κ2) is 8.24. The second-order valence-corrected chi connectivity index (χ2v) is 5.26. The fourth-order valence-corrected chi connectivity index (χ4v) is 2.24. The molecule has 0 bridgehead atoms. The number of ether oxygens (including phenoxy) is 1. The smallest absolute Gasteiger partial charge is 0.325 e. The molecule has 0 aliphatic rings. The topological polar surface area (TPSA) is 85.5 Å². The minimum absolute atomic E-state index is 0.0505. The Morgan fingerprint density at radius 2 is 1.92 bits per heavy atom. The summed E-state index contributed by atoms with van der Waals surface area (Å²) in [6.45, 7) is 6.16. The van der Waals surface area contributed by atoms with Crippen LogP contribution in [0, 0.1) is 6.92 Å². The number of esters is 1. The molecule has 7 nitrogen and oxygen atoms in total. The molecule has 0 saturated heterocycles. The monoisotopic (exact) mass is 331 g/mol. The van der Waals surface area contributed by atoms with Crippen molar-refractivity contribution in [2.24, 2.45) is 0 Å². The van der Waals surface area contributed by atoms with Crippen molar-refractivity contribution in [2.75, 3.05) is 19.7 Å². The van der Waals surface area contributed by atoms with E-state index in [9.17, 15) is 9.59 Å². The summed E-state index contributed by atoms with van der Waals surface area (Å²) in [6.07, 6.45) is 0.754. The molecule has 1 aromatic carbocycles. The van der Waals surface area contributed by atoms with Crippen LogP contribution in [-0.4, -0.2) is 46.6 Å². The summed E-state index contributed by atoms with van der Waals surface area (Å²) in [4.78, 5) is 29.9. The van der Waals surface area contributed by atoms with Crippen LogP contribution in [0.15, 0.2) is 28.8 Å². The summed E-state index contributed by atoms with van der Waals surface area (Å²) < 4.78 is 10.0. The fourth-order valence-electron chi connectivity index (χ4n) is 2.24. The fraction of sp³-hybridized carbons (Fsp3) is 0.412. The summed E-state index contributed by atoms with van der Waals surface area (Å²) in [5.41, 5.74) is 1.23. The van der Waals surface area contributed by atoms with Gasteiger partial charge in [0.25, 0.3) is 11.8 Å². The third kappa shape index (κ3) is 4.41. The highest BCUT2D eigenvalue weighted by Gasteiger charge is 2.19. The van der Waals surface area contributed by atoms with Crippen LogP contribution < -0.4 is 0 Å². The SMILES string of the molecule is CCCN(CC(=O)OCC)C(=O)c1ccc(-c2nc(C)no2)cc1. The molecule has 0 aliphatic heterocycles. The highest BCUT2D eigenvalue weighted by molar-refractivity contribution is 5.96. The lowest BCUT2D eigenvalue weighted by Crippen LogP contribution is -2.37. The average Bonchev–Trinajstić information content (AvgIpc) is 3.01. The van der Waals surface area contributed by atoms with E-state index in [1.165, 1.54) is 4.90 Å². The molecule has 1 amide bonds. The van der Waals surface area contributed by atoms with Gasteiger partial charge in [0.2, 0.25) is 0 Å². The van der Waals surface area contributed by atoms with E-state index < -0.39 is 5.97 Å². The van der Waals surface area contributed by atoms with E-state index in [1.807, 2.05) is 6.92 Å². The van der Waals surface area contributed by atoms with E-state index in [1.54, 1.807) is 38.1 Å². The van der Waals surface area contributed by atoms with Crippen LogP contribution in [0.3, 0.4) is 0 Å². The Hall–Kier alpha value is -2.70. The van der Waals surface area contributed by atoms with Crippen molar-refractivity contribution in [3.8, 4) is 11.5 Å². The van der Waals surface area contributed by atoms with Gasteiger partial charge in [-0.05, 0) is 44.5 Å². The Bertz CT molecular complexity index is 694. The minimum atomic E-state index is -0.405. The Morgan fingerprint density at radius 3 is 2.46 bits per heavy atom. The quantitative estimate of drug-likeness (QED) is 0.725. The van der Waals surface area contributed by atoms with Crippen LogP contribution in [-0.2, 0) is 9.53 Å². The van der Waals surface area contributed by atoms with Gasteiger partial charge in [-0.1, -0.05) is 12.1 Å². The predicted molar refractivity (Wildman–Crippen MR) is 87.3 cm³/mol. The maximum Gasteiger partial charge on any atom is 0.325 e. The molecule has 0 unspecified atom stereocenters. The van der Waals surface area contributed by atoms with Crippen molar-refractivity contribution in [1.82, 2.24) is 15.0 Å². The van der Waals surface area contributed by atoms with E-state index in [2.05, 4.69) is 10.1 Å². The van der Waals surface area contributed by atoms with Crippen molar-refractivity contribution in [3.05, 3.63) is 35.7 Å². The molecule has 24 heavy (non-hydrogen) atoms. The zero-order chi connectivity index (χ0) is 17.5. The normalized spacial score (nSPS) is 10.5. The molecule has 7 heteroatoms. The molecular weight excluding hydrogens is 310 g/mol. The Kier molecular flexibility index (Phi) is 6.06. The molecule has 1 aromatic heterocycles. The molecular formula is C17H21N3O4. The maximum atomic E-state index is 12.6. The average molecular weight is 331 g/mol. The van der Waals surface area contributed by atoms with E-state index in [-0.39, 0.29) is 12.5 Å². The predicted octanol–water partition coefficient (Wildman–Crippen LogP) is 2.46. The van der Waals surface area contributed by atoms with Crippen molar-refractivity contribution < 1.29 is 18.8 Å². The third-order valence-electron chi connectivity index (χ3n) is 3.31. The summed E-state index contributed by atoms with van der Waals surface area (Å²) in [5, 5.41) is 3.74. The van der Waals surface area contributed by atoms with Gasteiger partial charge in [0.05, 0.1) is 6.61 Å². The molecule has 1 heterocycles. The van der Waals surface area contributed by atoms with Crippen molar-refractivity contribution in [3.63, 3.8) is 0 Å². The lowest BCUT2D eigenvalue weighted by atomic mass is 10.1. The van der Waals surface area contributed by atoms with E-state index in [4.69, 9.17) is 9.26 Å². The largest absolute Gasteiger partial charge is 0.465 e. The highest BCUT2D eigenvalue weighted by Crippen LogP contribution is 2.18. The number of rotatable bonds is 7. The first kappa shape index (κ1) is 17.7. The minimum Gasteiger partial charge on any atom is -0.465 e. The van der Waals surface area contributed by atoms with Gasteiger partial charge in [0.15, 0.2) is 5.82 Å². The van der Waals surface area contributed by atoms with Crippen LogP contribution in [0.2, 0.25) is 0 Å². The van der Waals surface area contributed by atoms with E-state index in [0.717, 1.165) is 12.0 Å². The van der Waals surface area contributed by atoms with Gasteiger partial charge in [0.1, 0.15) is 6.54 Å². The molecule has 0 N–H and O–H groups in total. The number of aryl methyl sites for hydroxylation is 1. The number of hydrogen-bond donors (Lipinski definition) is 0. The standard InChI is InChI=1S/C17H21N3O4/c1-4-10-20(11-15(21)23-5-2)17(22)14-8-6-13(7-9-14)16-18-12(3)19-24-16/h6-9H,4-5,10-11H2,1-3H3. The number of carbonyl (C=O) groups excluding carboxylic acids is 2. The molecule has 128 valence electrons. The molecule has 2 aromatic rings. The lowest BCUT2D eigenvalue weighted by Gasteiger charge is -2.21. The number of carbonyl (C=O) groups is 2. The molecule has 0 spiro atoms. The zero-order valence-corrected chi connectivity index (χ0v) is 14.1. The number of benzene rings is 1. The summed E-state index contributed by atoms with van der Waals surface area (Å²) in [5.74, 6) is 0.340. The Balaban J connectivity index is 2.12. The highest BCUT2D eigenvalue weighted by atomic mass is 16.5. The van der Waals surface area contributed by atoms with E-state index >= 15 is 0 Å². The van der Waals surface area contributed by atoms with Gasteiger partial charge in [-0.3, -0.25) is 9.59 Å². The first-order chi connectivity index (χ1) is 11.5. The van der Waals surface area contributed by atoms with E-state index in [0.29, 0.717) is 30.4 Å². The van der Waals surface area contributed by atoms with Crippen molar-refractivity contribution in [2.45, 2.75) is 27.2 Å². The Labute approximate surface area is 140 Å². The first-order valence-electron chi connectivity index (χ1n) is 7.90. The number of amides is 1. The van der Waals surface area contributed by atoms with Crippen molar-refractivity contribution in [1.29, 1.82) is 0 Å². The van der Waals surface area contributed by atoms with Gasteiger partial charge in [-0.2, -0.15) is 4.98 Å². The molecule has 0 radical (unpaired) electrons. The molecule has 0 fully saturated rings.